The first kappa shape index (κ1) is 13.1. The lowest BCUT2D eigenvalue weighted by Crippen LogP contribution is -2.22. The number of aryl methyl sites for hydroxylation is 2. The van der Waals surface area contributed by atoms with Crippen LogP contribution in [0.15, 0.2) is 6.20 Å². The van der Waals surface area contributed by atoms with Gasteiger partial charge in [0.2, 0.25) is 0 Å². The Labute approximate surface area is 125 Å². The summed E-state index contributed by atoms with van der Waals surface area (Å²) >= 11 is 0. The zero-order chi connectivity index (χ0) is 14.6. The zero-order valence-corrected chi connectivity index (χ0v) is 13.0. The van der Waals surface area contributed by atoms with E-state index in [-0.39, 0.29) is 0 Å². The van der Waals surface area contributed by atoms with Crippen LogP contribution in [0.3, 0.4) is 0 Å². The van der Waals surface area contributed by atoms with Crippen molar-refractivity contribution in [3.05, 3.63) is 23.4 Å². The molecule has 2 bridgehead atoms. The van der Waals surface area contributed by atoms with Crippen LogP contribution >= 0.6 is 0 Å². The van der Waals surface area contributed by atoms with Crippen molar-refractivity contribution in [2.75, 3.05) is 0 Å². The number of rotatable bonds is 3. The van der Waals surface area contributed by atoms with Crippen LogP contribution in [0, 0.1) is 13.8 Å². The van der Waals surface area contributed by atoms with Gasteiger partial charge in [0.15, 0.2) is 0 Å². The first-order valence-electron chi connectivity index (χ1n) is 8.02. The predicted octanol–water partition coefficient (Wildman–Crippen LogP) is 2.52. The van der Waals surface area contributed by atoms with Gasteiger partial charge in [0.25, 0.3) is 0 Å². The standard InChI is InChI=1S/C16H23N5/c1-4-21-10(3)15(9(2)20-21)14-8-17-16(19-14)12-7-11-5-6-13(12)18-11/h8,11-13,18H,4-7H2,1-3H3,(H,17,19). The molecule has 2 saturated heterocycles. The molecule has 0 amide bonds. The first-order valence-corrected chi connectivity index (χ1v) is 8.02. The minimum atomic E-state index is 0.555. The van der Waals surface area contributed by atoms with Crippen molar-refractivity contribution in [3.8, 4) is 11.3 Å². The summed E-state index contributed by atoms with van der Waals surface area (Å²) in [5, 5.41) is 8.29. The fourth-order valence-corrected chi connectivity index (χ4v) is 4.17. The molecule has 0 radical (unpaired) electrons. The Morgan fingerprint density at radius 1 is 1.33 bits per heavy atom. The molecule has 2 aliphatic rings. The van der Waals surface area contributed by atoms with E-state index in [9.17, 15) is 0 Å². The number of hydrogen-bond acceptors (Lipinski definition) is 3. The van der Waals surface area contributed by atoms with Crippen molar-refractivity contribution < 1.29 is 0 Å². The van der Waals surface area contributed by atoms with Crippen LogP contribution in [0.1, 0.15) is 49.3 Å². The van der Waals surface area contributed by atoms with E-state index in [2.05, 4.69) is 45.8 Å². The van der Waals surface area contributed by atoms with E-state index in [1.807, 2.05) is 6.20 Å². The van der Waals surface area contributed by atoms with Crippen molar-refractivity contribution in [3.63, 3.8) is 0 Å². The van der Waals surface area contributed by atoms with Crippen LogP contribution < -0.4 is 5.32 Å². The highest BCUT2D eigenvalue weighted by molar-refractivity contribution is 5.64. The van der Waals surface area contributed by atoms with E-state index in [0.29, 0.717) is 18.0 Å². The van der Waals surface area contributed by atoms with Gasteiger partial charge in [-0.2, -0.15) is 5.10 Å². The molecular formula is C16H23N5. The van der Waals surface area contributed by atoms with E-state index in [1.165, 1.54) is 30.5 Å². The van der Waals surface area contributed by atoms with Gasteiger partial charge < -0.3 is 10.3 Å². The number of H-pyrrole nitrogens is 1. The van der Waals surface area contributed by atoms with E-state index in [4.69, 9.17) is 0 Å². The molecule has 2 aromatic rings. The number of aromatic amines is 1. The maximum absolute atomic E-state index is 4.68. The molecule has 4 heterocycles. The lowest BCUT2D eigenvalue weighted by molar-refractivity contribution is 0.490. The number of nitrogens with one attached hydrogen (secondary N) is 2. The van der Waals surface area contributed by atoms with Crippen LogP contribution in [0.5, 0.6) is 0 Å². The van der Waals surface area contributed by atoms with E-state index < -0.39 is 0 Å². The Balaban J connectivity index is 1.67. The van der Waals surface area contributed by atoms with Gasteiger partial charge in [-0.15, -0.1) is 0 Å². The van der Waals surface area contributed by atoms with Crippen LogP contribution in [0.4, 0.5) is 0 Å². The molecule has 4 rings (SSSR count). The van der Waals surface area contributed by atoms with Crippen LogP contribution in [-0.2, 0) is 6.54 Å². The largest absolute Gasteiger partial charge is 0.342 e. The maximum atomic E-state index is 4.68. The quantitative estimate of drug-likeness (QED) is 0.911. The summed E-state index contributed by atoms with van der Waals surface area (Å²) in [5.74, 6) is 1.70. The van der Waals surface area contributed by atoms with Gasteiger partial charge in [0, 0.05) is 35.8 Å². The summed E-state index contributed by atoms with van der Waals surface area (Å²) in [4.78, 5) is 8.25. The first-order chi connectivity index (χ1) is 10.2. The molecule has 2 aliphatic heterocycles. The van der Waals surface area contributed by atoms with Gasteiger partial charge in [-0.05, 0) is 40.0 Å². The Bertz CT molecular complexity index is 668. The molecule has 21 heavy (non-hydrogen) atoms. The third-order valence-corrected chi connectivity index (χ3v) is 5.20. The van der Waals surface area contributed by atoms with Crippen LogP contribution in [-0.4, -0.2) is 31.8 Å². The maximum Gasteiger partial charge on any atom is 0.111 e. The summed E-state index contributed by atoms with van der Waals surface area (Å²) in [7, 11) is 0. The fraction of sp³-hybridized carbons (Fsp3) is 0.625. The second kappa shape index (κ2) is 4.70. The monoisotopic (exact) mass is 285 g/mol. The van der Waals surface area contributed by atoms with Crippen molar-refractivity contribution in [1.82, 2.24) is 25.1 Å². The lowest BCUT2D eigenvalue weighted by Gasteiger charge is -2.17. The molecule has 0 spiro atoms. The minimum Gasteiger partial charge on any atom is -0.342 e. The number of aromatic nitrogens is 4. The smallest absolute Gasteiger partial charge is 0.111 e. The van der Waals surface area contributed by atoms with Gasteiger partial charge in [0.1, 0.15) is 5.82 Å². The molecule has 0 aliphatic carbocycles. The van der Waals surface area contributed by atoms with Gasteiger partial charge in [-0.25, -0.2) is 4.98 Å². The topological polar surface area (TPSA) is 58.5 Å². The fourth-order valence-electron chi connectivity index (χ4n) is 4.17. The third kappa shape index (κ3) is 1.94. The van der Waals surface area contributed by atoms with Crippen LogP contribution in [0.25, 0.3) is 11.3 Å². The molecule has 2 aromatic heterocycles. The number of imidazole rings is 1. The van der Waals surface area contributed by atoms with Gasteiger partial charge in [-0.1, -0.05) is 0 Å². The summed E-state index contributed by atoms with van der Waals surface area (Å²) in [6.45, 7) is 7.25. The molecule has 3 unspecified atom stereocenters. The van der Waals surface area contributed by atoms with Gasteiger partial charge in [-0.3, -0.25) is 4.68 Å². The minimum absolute atomic E-state index is 0.555. The van der Waals surface area contributed by atoms with Gasteiger partial charge in [0.05, 0.1) is 17.6 Å². The molecule has 0 saturated carbocycles. The van der Waals surface area contributed by atoms with E-state index >= 15 is 0 Å². The Hall–Kier alpha value is -1.62. The third-order valence-electron chi connectivity index (χ3n) is 5.20. The lowest BCUT2D eigenvalue weighted by atomic mass is 9.89. The second-order valence-electron chi connectivity index (χ2n) is 6.43. The number of fused-ring (bicyclic) bond motifs is 2. The summed E-state index contributed by atoms with van der Waals surface area (Å²) in [6.07, 6.45) is 5.83. The number of nitrogens with zero attached hydrogens (tertiary/aromatic N) is 3. The van der Waals surface area contributed by atoms with Gasteiger partial charge >= 0.3 is 0 Å². The summed E-state index contributed by atoms with van der Waals surface area (Å²) < 4.78 is 2.06. The summed E-state index contributed by atoms with van der Waals surface area (Å²) in [6, 6.07) is 1.33. The normalized spacial score (nSPS) is 27.7. The zero-order valence-electron chi connectivity index (χ0n) is 13.0. The number of hydrogen-bond donors (Lipinski definition) is 2. The molecule has 2 N–H and O–H groups in total. The van der Waals surface area contributed by atoms with E-state index in [1.54, 1.807) is 0 Å². The Morgan fingerprint density at radius 3 is 2.81 bits per heavy atom. The molecule has 0 aromatic carbocycles. The van der Waals surface area contributed by atoms with Crippen molar-refractivity contribution >= 4 is 0 Å². The molecule has 5 nitrogen and oxygen atoms in total. The van der Waals surface area contributed by atoms with Crippen molar-refractivity contribution in [1.29, 1.82) is 0 Å². The Morgan fingerprint density at radius 2 is 2.19 bits per heavy atom. The van der Waals surface area contributed by atoms with E-state index in [0.717, 1.165) is 23.8 Å². The highest BCUT2D eigenvalue weighted by Crippen LogP contribution is 2.39. The SMILES string of the molecule is CCn1nc(C)c(-c2cnc(C3CC4CCC3N4)[nH]2)c1C. The molecule has 3 atom stereocenters. The molecule has 2 fully saturated rings. The highest BCUT2D eigenvalue weighted by Gasteiger charge is 2.41. The summed E-state index contributed by atoms with van der Waals surface area (Å²) in [5.41, 5.74) is 4.63. The molecular weight excluding hydrogens is 262 g/mol. The highest BCUT2D eigenvalue weighted by atomic mass is 15.3. The average Bonchev–Trinajstić information content (AvgIpc) is 3.21. The second-order valence-corrected chi connectivity index (χ2v) is 6.43. The predicted molar refractivity (Wildman–Crippen MR) is 82.3 cm³/mol. The van der Waals surface area contributed by atoms with Crippen LogP contribution in [0.2, 0.25) is 0 Å². The van der Waals surface area contributed by atoms with Crippen molar-refractivity contribution in [2.24, 2.45) is 0 Å². The Kier molecular flexibility index (Phi) is 2.92. The average molecular weight is 285 g/mol. The molecule has 5 heteroatoms. The van der Waals surface area contributed by atoms with Crippen molar-refractivity contribution in [2.45, 2.75) is 64.6 Å². The molecule has 112 valence electrons.